The Morgan fingerprint density at radius 3 is 2.70 bits per heavy atom. The van der Waals surface area contributed by atoms with Crippen LogP contribution in [0.5, 0.6) is 0 Å². The van der Waals surface area contributed by atoms with Crippen molar-refractivity contribution in [1.82, 2.24) is 19.7 Å². The molecule has 0 unspecified atom stereocenters. The molecule has 2 heterocycles. The molecule has 2 aromatic rings. The Balaban J connectivity index is 1.80. The predicted octanol–water partition coefficient (Wildman–Crippen LogP) is 3.02. The van der Waals surface area contributed by atoms with Gasteiger partial charge in [-0.3, -0.25) is 0 Å². The standard InChI is InChI=1S/C15H21N5/c1-11-10-12(2)20(19-11)15-16-9-8-14(18-15)17-13-6-4-3-5-7-13/h8-10,13H,3-7H2,1-2H3,(H,16,17,18). The highest BCUT2D eigenvalue weighted by Gasteiger charge is 2.14. The number of rotatable bonds is 3. The van der Waals surface area contributed by atoms with Gasteiger partial charge in [0.15, 0.2) is 0 Å². The third-order valence-corrected chi connectivity index (χ3v) is 3.80. The van der Waals surface area contributed by atoms with Gasteiger partial charge in [-0.1, -0.05) is 19.3 Å². The van der Waals surface area contributed by atoms with Crippen molar-refractivity contribution in [3.05, 3.63) is 29.7 Å². The van der Waals surface area contributed by atoms with Crippen LogP contribution in [0.1, 0.15) is 43.5 Å². The Kier molecular flexibility index (Phi) is 3.67. The first-order valence-corrected chi connectivity index (χ1v) is 7.35. The average molecular weight is 271 g/mol. The number of aryl methyl sites for hydroxylation is 2. The molecule has 1 fully saturated rings. The monoisotopic (exact) mass is 271 g/mol. The maximum absolute atomic E-state index is 4.59. The van der Waals surface area contributed by atoms with Crippen molar-refractivity contribution in [2.75, 3.05) is 5.32 Å². The van der Waals surface area contributed by atoms with Crippen LogP contribution < -0.4 is 5.32 Å². The molecule has 5 nitrogen and oxygen atoms in total. The van der Waals surface area contributed by atoms with E-state index in [0.29, 0.717) is 12.0 Å². The molecule has 5 heteroatoms. The summed E-state index contributed by atoms with van der Waals surface area (Å²) in [5.41, 5.74) is 2.04. The van der Waals surface area contributed by atoms with Gasteiger partial charge in [0.2, 0.25) is 0 Å². The van der Waals surface area contributed by atoms with Gasteiger partial charge in [0, 0.05) is 17.9 Å². The van der Waals surface area contributed by atoms with E-state index in [0.717, 1.165) is 17.2 Å². The SMILES string of the molecule is Cc1cc(C)n(-c2nccc(NC3CCCCC3)n2)n1. The average Bonchev–Trinajstić information content (AvgIpc) is 2.79. The van der Waals surface area contributed by atoms with Crippen LogP contribution in [-0.2, 0) is 0 Å². The van der Waals surface area contributed by atoms with Crippen LogP contribution in [-0.4, -0.2) is 25.8 Å². The zero-order chi connectivity index (χ0) is 13.9. The first kappa shape index (κ1) is 13.1. The fourth-order valence-corrected chi connectivity index (χ4v) is 2.82. The Bertz CT molecular complexity index is 584. The molecule has 1 aliphatic rings. The van der Waals surface area contributed by atoms with Gasteiger partial charge in [-0.2, -0.15) is 10.1 Å². The Labute approximate surface area is 119 Å². The second-order valence-electron chi connectivity index (χ2n) is 5.56. The van der Waals surface area contributed by atoms with Crippen LogP contribution in [0, 0.1) is 13.8 Å². The van der Waals surface area contributed by atoms with E-state index < -0.39 is 0 Å². The molecule has 0 radical (unpaired) electrons. The van der Waals surface area contributed by atoms with Crippen LogP contribution in [0.2, 0.25) is 0 Å². The first-order valence-electron chi connectivity index (χ1n) is 7.35. The van der Waals surface area contributed by atoms with Gasteiger partial charge in [-0.05, 0) is 38.8 Å². The van der Waals surface area contributed by atoms with Gasteiger partial charge in [0.25, 0.3) is 5.95 Å². The number of anilines is 1. The third kappa shape index (κ3) is 2.81. The minimum absolute atomic E-state index is 0.548. The lowest BCUT2D eigenvalue weighted by atomic mass is 9.95. The van der Waals surface area contributed by atoms with Crippen molar-refractivity contribution in [2.24, 2.45) is 0 Å². The minimum atomic E-state index is 0.548. The molecule has 106 valence electrons. The van der Waals surface area contributed by atoms with E-state index in [9.17, 15) is 0 Å². The van der Waals surface area contributed by atoms with Crippen molar-refractivity contribution >= 4 is 5.82 Å². The van der Waals surface area contributed by atoms with Crippen molar-refractivity contribution in [2.45, 2.75) is 52.0 Å². The number of hydrogen-bond acceptors (Lipinski definition) is 4. The van der Waals surface area contributed by atoms with E-state index in [4.69, 9.17) is 0 Å². The maximum Gasteiger partial charge on any atom is 0.252 e. The van der Waals surface area contributed by atoms with Crippen molar-refractivity contribution in [3.63, 3.8) is 0 Å². The van der Waals surface area contributed by atoms with Gasteiger partial charge in [-0.25, -0.2) is 9.67 Å². The summed E-state index contributed by atoms with van der Waals surface area (Å²) in [6.45, 7) is 4.00. The fraction of sp³-hybridized carbons (Fsp3) is 0.533. The van der Waals surface area contributed by atoms with Crippen molar-refractivity contribution < 1.29 is 0 Å². The fourth-order valence-electron chi connectivity index (χ4n) is 2.82. The molecular formula is C15H21N5. The predicted molar refractivity (Wildman–Crippen MR) is 79.1 cm³/mol. The zero-order valence-electron chi connectivity index (χ0n) is 12.1. The molecular weight excluding hydrogens is 250 g/mol. The van der Waals surface area contributed by atoms with Crippen LogP contribution >= 0.6 is 0 Å². The Hall–Kier alpha value is -1.91. The van der Waals surface area contributed by atoms with Crippen LogP contribution in [0.25, 0.3) is 5.95 Å². The van der Waals surface area contributed by atoms with Crippen LogP contribution in [0.3, 0.4) is 0 Å². The Morgan fingerprint density at radius 1 is 1.20 bits per heavy atom. The lowest BCUT2D eigenvalue weighted by molar-refractivity contribution is 0.461. The summed E-state index contributed by atoms with van der Waals surface area (Å²) in [6, 6.07) is 4.51. The molecule has 0 bridgehead atoms. The third-order valence-electron chi connectivity index (χ3n) is 3.80. The summed E-state index contributed by atoms with van der Waals surface area (Å²) >= 11 is 0. The van der Waals surface area contributed by atoms with E-state index in [1.165, 1.54) is 32.1 Å². The highest BCUT2D eigenvalue weighted by Crippen LogP contribution is 2.21. The maximum atomic E-state index is 4.59. The molecule has 0 amide bonds. The van der Waals surface area contributed by atoms with Crippen molar-refractivity contribution in [3.8, 4) is 5.95 Å². The van der Waals surface area contributed by atoms with E-state index in [-0.39, 0.29) is 0 Å². The molecule has 1 aliphatic carbocycles. The summed E-state index contributed by atoms with van der Waals surface area (Å²) in [6.07, 6.45) is 8.25. The van der Waals surface area contributed by atoms with E-state index >= 15 is 0 Å². The van der Waals surface area contributed by atoms with Gasteiger partial charge < -0.3 is 5.32 Å². The van der Waals surface area contributed by atoms with Crippen LogP contribution in [0.15, 0.2) is 18.3 Å². The molecule has 0 saturated heterocycles. The van der Waals surface area contributed by atoms with E-state index in [1.807, 2.05) is 26.0 Å². The van der Waals surface area contributed by atoms with Crippen LogP contribution in [0.4, 0.5) is 5.82 Å². The molecule has 0 aromatic carbocycles. The smallest absolute Gasteiger partial charge is 0.252 e. The topological polar surface area (TPSA) is 55.6 Å². The van der Waals surface area contributed by atoms with Gasteiger partial charge in [0.05, 0.1) is 5.69 Å². The molecule has 0 atom stereocenters. The summed E-state index contributed by atoms with van der Waals surface area (Å²) in [5, 5.41) is 7.96. The quantitative estimate of drug-likeness (QED) is 0.932. The molecule has 0 spiro atoms. The van der Waals surface area contributed by atoms with Gasteiger partial charge in [-0.15, -0.1) is 0 Å². The normalized spacial score (nSPS) is 16.3. The highest BCUT2D eigenvalue weighted by molar-refractivity contribution is 5.37. The summed E-state index contributed by atoms with van der Waals surface area (Å²) in [5.74, 6) is 1.53. The molecule has 3 rings (SSSR count). The molecule has 1 N–H and O–H groups in total. The number of nitrogens with zero attached hydrogens (tertiary/aromatic N) is 4. The number of aromatic nitrogens is 4. The van der Waals surface area contributed by atoms with Gasteiger partial charge in [0.1, 0.15) is 5.82 Å². The lowest BCUT2D eigenvalue weighted by Crippen LogP contribution is -2.23. The Morgan fingerprint density at radius 2 is 2.00 bits per heavy atom. The summed E-state index contributed by atoms with van der Waals surface area (Å²) in [4.78, 5) is 8.92. The van der Waals surface area contributed by atoms with E-state index in [2.05, 4.69) is 20.4 Å². The van der Waals surface area contributed by atoms with Crippen molar-refractivity contribution in [1.29, 1.82) is 0 Å². The largest absolute Gasteiger partial charge is 0.367 e. The summed E-state index contributed by atoms with van der Waals surface area (Å²) < 4.78 is 1.79. The van der Waals surface area contributed by atoms with E-state index in [1.54, 1.807) is 10.9 Å². The zero-order valence-corrected chi connectivity index (χ0v) is 12.1. The molecule has 1 saturated carbocycles. The molecule has 20 heavy (non-hydrogen) atoms. The first-order chi connectivity index (χ1) is 9.72. The second kappa shape index (κ2) is 5.61. The number of nitrogens with one attached hydrogen (secondary N) is 1. The minimum Gasteiger partial charge on any atom is -0.367 e. The summed E-state index contributed by atoms with van der Waals surface area (Å²) in [7, 11) is 0. The number of hydrogen-bond donors (Lipinski definition) is 1. The second-order valence-corrected chi connectivity index (χ2v) is 5.56. The lowest BCUT2D eigenvalue weighted by Gasteiger charge is -2.23. The molecule has 2 aromatic heterocycles. The molecule has 0 aliphatic heterocycles. The van der Waals surface area contributed by atoms with Gasteiger partial charge >= 0.3 is 0 Å². The highest BCUT2D eigenvalue weighted by atomic mass is 15.4.